The number of carbonyl (C=O) groups excluding carboxylic acids is 1. The van der Waals surface area contributed by atoms with Gasteiger partial charge < -0.3 is 19.4 Å². The predicted octanol–water partition coefficient (Wildman–Crippen LogP) is 3.04. The first kappa shape index (κ1) is 19.2. The zero-order valence-electron chi connectivity index (χ0n) is 16.4. The molecular formula is C22H29N3O3. The average molecular weight is 383 g/mol. The van der Waals surface area contributed by atoms with Crippen LogP contribution >= 0.6 is 0 Å². The van der Waals surface area contributed by atoms with Crippen LogP contribution in [0.4, 0.5) is 0 Å². The van der Waals surface area contributed by atoms with E-state index in [-0.39, 0.29) is 11.4 Å². The molecule has 4 rings (SSSR count). The fourth-order valence-electron chi connectivity index (χ4n) is 4.36. The first-order valence-electron chi connectivity index (χ1n) is 10.4. The molecule has 0 bridgehead atoms. The molecule has 2 aromatic rings. The molecule has 1 N–H and O–H groups in total. The van der Waals surface area contributed by atoms with Gasteiger partial charge in [0.25, 0.3) is 0 Å². The van der Waals surface area contributed by atoms with Gasteiger partial charge in [0, 0.05) is 50.2 Å². The number of carbonyl (C=O) groups is 1. The summed E-state index contributed by atoms with van der Waals surface area (Å²) in [6, 6.07) is 9.97. The molecule has 28 heavy (non-hydrogen) atoms. The third-order valence-corrected chi connectivity index (χ3v) is 5.97. The number of oxazole rings is 1. The smallest absolute Gasteiger partial charge is 0.223 e. The molecule has 0 unspecified atom stereocenters. The van der Waals surface area contributed by atoms with E-state index < -0.39 is 0 Å². The quantitative estimate of drug-likeness (QED) is 0.860. The van der Waals surface area contributed by atoms with Crippen molar-refractivity contribution in [3.8, 4) is 11.3 Å². The van der Waals surface area contributed by atoms with Crippen molar-refractivity contribution in [2.24, 2.45) is 0 Å². The van der Waals surface area contributed by atoms with E-state index >= 15 is 0 Å². The van der Waals surface area contributed by atoms with Gasteiger partial charge in [-0.3, -0.25) is 4.79 Å². The van der Waals surface area contributed by atoms with Crippen LogP contribution in [0.3, 0.4) is 0 Å². The van der Waals surface area contributed by atoms with Crippen molar-refractivity contribution in [3.63, 3.8) is 0 Å². The molecule has 0 saturated carbocycles. The van der Waals surface area contributed by atoms with Gasteiger partial charge in [0.05, 0.1) is 6.20 Å². The highest BCUT2D eigenvalue weighted by atomic mass is 16.5. The summed E-state index contributed by atoms with van der Waals surface area (Å²) < 4.78 is 11.4. The second-order valence-electron chi connectivity index (χ2n) is 7.72. The summed E-state index contributed by atoms with van der Waals surface area (Å²) in [5.41, 5.74) is 0.998. The summed E-state index contributed by atoms with van der Waals surface area (Å²) >= 11 is 0. The number of benzene rings is 1. The molecule has 6 nitrogen and oxygen atoms in total. The first-order valence-corrected chi connectivity index (χ1v) is 10.4. The van der Waals surface area contributed by atoms with Crippen LogP contribution in [0.2, 0.25) is 0 Å². The average Bonchev–Trinajstić information content (AvgIpc) is 3.12. The third-order valence-electron chi connectivity index (χ3n) is 5.97. The van der Waals surface area contributed by atoms with E-state index in [1.807, 2.05) is 30.3 Å². The molecule has 1 aromatic heterocycles. The molecule has 0 aliphatic carbocycles. The van der Waals surface area contributed by atoms with E-state index in [0.29, 0.717) is 18.7 Å². The molecule has 1 spiro atoms. The highest BCUT2D eigenvalue weighted by Gasteiger charge is 2.41. The summed E-state index contributed by atoms with van der Waals surface area (Å²) in [5.74, 6) is 1.73. The standard InChI is InChI=1S/C22H29N3O3/c26-21(25-14-13-23-12-9-22(25)10-15-27-16-11-22)8-4-7-20-24-17-19(28-20)18-5-2-1-3-6-18/h1-3,5-6,17,23H,4,7-16H2. The van der Waals surface area contributed by atoms with Gasteiger partial charge >= 0.3 is 0 Å². The maximum Gasteiger partial charge on any atom is 0.223 e. The summed E-state index contributed by atoms with van der Waals surface area (Å²) in [6.07, 6.45) is 6.64. The summed E-state index contributed by atoms with van der Waals surface area (Å²) in [6.45, 7) is 4.14. The zero-order valence-corrected chi connectivity index (χ0v) is 16.4. The van der Waals surface area contributed by atoms with Crippen LogP contribution in [0.25, 0.3) is 11.3 Å². The summed E-state index contributed by atoms with van der Waals surface area (Å²) in [5, 5.41) is 3.44. The molecule has 3 heterocycles. The Bertz CT molecular complexity index is 768. The fraction of sp³-hybridized carbons (Fsp3) is 0.545. The second kappa shape index (κ2) is 8.88. The predicted molar refractivity (Wildman–Crippen MR) is 107 cm³/mol. The summed E-state index contributed by atoms with van der Waals surface area (Å²) in [4.78, 5) is 19.6. The fourth-order valence-corrected chi connectivity index (χ4v) is 4.36. The normalized spacial score (nSPS) is 19.5. The van der Waals surface area contributed by atoms with Crippen molar-refractivity contribution < 1.29 is 13.9 Å². The molecule has 2 aliphatic heterocycles. The molecule has 0 atom stereocenters. The molecule has 150 valence electrons. The summed E-state index contributed by atoms with van der Waals surface area (Å²) in [7, 11) is 0. The number of hydrogen-bond donors (Lipinski definition) is 1. The van der Waals surface area contributed by atoms with E-state index in [2.05, 4.69) is 15.2 Å². The van der Waals surface area contributed by atoms with Crippen LogP contribution in [-0.2, 0) is 16.0 Å². The van der Waals surface area contributed by atoms with Gasteiger partial charge in [-0.1, -0.05) is 30.3 Å². The van der Waals surface area contributed by atoms with Crippen molar-refractivity contribution in [2.75, 3.05) is 32.8 Å². The number of hydrogen-bond acceptors (Lipinski definition) is 5. The van der Waals surface area contributed by atoms with Crippen LogP contribution in [0.5, 0.6) is 0 Å². The van der Waals surface area contributed by atoms with Crippen LogP contribution in [0.15, 0.2) is 40.9 Å². The van der Waals surface area contributed by atoms with Crippen molar-refractivity contribution in [3.05, 3.63) is 42.4 Å². The van der Waals surface area contributed by atoms with Gasteiger partial charge in [-0.2, -0.15) is 0 Å². The molecule has 6 heteroatoms. The number of aromatic nitrogens is 1. The zero-order chi connectivity index (χ0) is 19.2. The van der Waals surface area contributed by atoms with Crippen LogP contribution in [0, 0.1) is 0 Å². The Morgan fingerprint density at radius 3 is 2.79 bits per heavy atom. The minimum Gasteiger partial charge on any atom is -0.441 e. The highest BCUT2D eigenvalue weighted by molar-refractivity contribution is 5.77. The largest absolute Gasteiger partial charge is 0.441 e. The Hall–Kier alpha value is -2.18. The van der Waals surface area contributed by atoms with Gasteiger partial charge in [-0.15, -0.1) is 0 Å². The van der Waals surface area contributed by atoms with Gasteiger partial charge in [-0.25, -0.2) is 4.98 Å². The van der Waals surface area contributed by atoms with Crippen LogP contribution in [-0.4, -0.2) is 54.2 Å². The lowest BCUT2D eigenvalue weighted by atomic mass is 9.84. The van der Waals surface area contributed by atoms with E-state index in [1.165, 1.54) is 0 Å². The number of aryl methyl sites for hydroxylation is 1. The van der Waals surface area contributed by atoms with E-state index in [9.17, 15) is 4.79 Å². The van der Waals surface area contributed by atoms with Gasteiger partial charge in [0.1, 0.15) is 0 Å². The number of nitrogens with one attached hydrogen (secondary N) is 1. The van der Waals surface area contributed by atoms with Crippen LogP contribution < -0.4 is 5.32 Å². The maximum absolute atomic E-state index is 13.0. The second-order valence-corrected chi connectivity index (χ2v) is 7.72. The minimum atomic E-state index is -0.0256. The van der Waals surface area contributed by atoms with E-state index in [4.69, 9.17) is 9.15 Å². The lowest BCUT2D eigenvalue weighted by molar-refractivity contribution is -0.141. The third kappa shape index (κ3) is 4.28. The van der Waals surface area contributed by atoms with Gasteiger partial charge in [0.15, 0.2) is 11.7 Å². The van der Waals surface area contributed by atoms with Crippen molar-refractivity contribution in [1.82, 2.24) is 15.2 Å². The molecule has 1 amide bonds. The SMILES string of the molecule is O=C(CCCc1ncc(-c2ccccc2)o1)N1CCNCCC12CCOCC2. The Morgan fingerprint density at radius 2 is 1.96 bits per heavy atom. The molecular weight excluding hydrogens is 354 g/mol. The molecule has 2 saturated heterocycles. The number of rotatable bonds is 5. The molecule has 2 fully saturated rings. The van der Waals surface area contributed by atoms with Crippen LogP contribution in [0.1, 0.15) is 38.0 Å². The Kier molecular flexibility index (Phi) is 6.07. The first-order chi connectivity index (χ1) is 13.8. The molecule has 1 aromatic carbocycles. The van der Waals surface area contributed by atoms with E-state index in [1.54, 1.807) is 6.20 Å². The number of ether oxygens (including phenoxy) is 1. The lowest BCUT2D eigenvalue weighted by Crippen LogP contribution is -2.55. The maximum atomic E-state index is 13.0. The highest BCUT2D eigenvalue weighted by Crippen LogP contribution is 2.33. The minimum absolute atomic E-state index is 0.0256. The lowest BCUT2D eigenvalue weighted by Gasteiger charge is -2.45. The van der Waals surface area contributed by atoms with Crippen molar-refractivity contribution >= 4 is 5.91 Å². The topological polar surface area (TPSA) is 67.6 Å². The number of amides is 1. The Morgan fingerprint density at radius 1 is 1.14 bits per heavy atom. The van der Waals surface area contributed by atoms with E-state index in [0.717, 1.165) is 69.9 Å². The number of nitrogens with zero attached hydrogens (tertiary/aromatic N) is 2. The van der Waals surface area contributed by atoms with Crippen molar-refractivity contribution in [2.45, 2.75) is 44.1 Å². The monoisotopic (exact) mass is 383 g/mol. The van der Waals surface area contributed by atoms with Gasteiger partial charge in [-0.05, 0) is 32.2 Å². The molecule has 2 aliphatic rings. The Labute approximate surface area is 166 Å². The van der Waals surface area contributed by atoms with Crippen molar-refractivity contribution in [1.29, 1.82) is 0 Å². The Balaban J connectivity index is 1.34. The molecule has 0 radical (unpaired) electrons. The van der Waals surface area contributed by atoms with Gasteiger partial charge in [0.2, 0.25) is 5.91 Å².